The maximum absolute atomic E-state index is 11.2. The van der Waals surface area contributed by atoms with E-state index in [-0.39, 0.29) is 5.75 Å². The molecule has 0 aliphatic heterocycles. The van der Waals surface area contributed by atoms with E-state index in [0.29, 0.717) is 11.8 Å². The Hall–Kier alpha value is -0.520. The van der Waals surface area contributed by atoms with Crippen LogP contribution in [0.2, 0.25) is 0 Å². The number of sulfone groups is 1. The third kappa shape index (κ3) is 5.97. The summed E-state index contributed by atoms with van der Waals surface area (Å²) in [6, 6.07) is 8.58. The number of hydrogen-bond acceptors (Lipinski definition) is 4. The number of nitrogens with one attached hydrogen (secondary N) is 1. The van der Waals surface area contributed by atoms with Gasteiger partial charge in [-0.25, -0.2) is 8.42 Å². The van der Waals surface area contributed by atoms with Gasteiger partial charge in [0.1, 0.15) is 9.84 Å². The predicted molar refractivity (Wildman–Crippen MR) is 83.6 cm³/mol. The third-order valence-corrected chi connectivity index (χ3v) is 5.16. The van der Waals surface area contributed by atoms with Gasteiger partial charge in [0.05, 0.1) is 5.75 Å². The van der Waals surface area contributed by atoms with Crippen LogP contribution in [0.15, 0.2) is 29.2 Å². The molecular weight excluding hydrogens is 278 g/mol. The van der Waals surface area contributed by atoms with Crippen molar-refractivity contribution in [2.45, 2.75) is 31.2 Å². The summed E-state index contributed by atoms with van der Waals surface area (Å²) in [5, 5.41) is 3.46. The van der Waals surface area contributed by atoms with E-state index in [1.807, 2.05) is 12.1 Å². The maximum Gasteiger partial charge on any atom is 0.148 e. The van der Waals surface area contributed by atoms with E-state index in [1.54, 1.807) is 11.8 Å². The molecule has 1 rings (SSSR count). The molecule has 1 aromatic carbocycles. The predicted octanol–water partition coefficient (Wildman–Crippen LogP) is 2.88. The Morgan fingerprint density at radius 1 is 1.26 bits per heavy atom. The largest absolute Gasteiger partial charge is 0.310 e. The normalized spacial score (nSPS) is 13.4. The molecule has 1 N–H and O–H groups in total. The van der Waals surface area contributed by atoms with Gasteiger partial charge >= 0.3 is 0 Å². The van der Waals surface area contributed by atoms with E-state index >= 15 is 0 Å². The summed E-state index contributed by atoms with van der Waals surface area (Å²) in [7, 11) is -2.88. The highest BCUT2D eigenvalue weighted by Crippen LogP contribution is 2.29. The molecule has 0 bridgehead atoms. The first kappa shape index (κ1) is 16.5. The molecule has 5 heteroatoms. The Balaban J connectivity index is 2.77. The van der Waals surface area contributed by atoms with Crippen LogP contribution in [0.3, 0.4) is 0 Å². The highest BCUT2D eigenvalue weighted by molar-refractivity contribution is 8.00. The van der Waals surface area contributed by atoms with Crippen molar-refractivity contribution in [1.82, 2.24) is 5.32 Å². The van der Waals surface area contributed by atoms with Crippen molar-refractivity contribution in [1.29, 1.82) is 0 Å². The Morgan fingerprint density at radius 2 is 1.95 bits per heavy atom. The molecule has 0 saturated carbocycles. The molecule has 3 nitrogen and oxygen atoms in total. The average molecular weight is 301 g/mol. The summed E-state index contributed by atoms with van der Waals surface area (Å²) in [4.78, 5) is 1.18. The zero-order valence-corrected chi connectivity index (χ0v) is 13.5. The molecule has 0 saturated heterocycles. The first-order valence-corrected chi connectivity index (χ1v) is 9.65. The molecule has 0 aliphatic rings. The lowest BCUT2D eigenvalue weighted by Crippen LogP contribution is -2.20. The molecule has 0 radical (unpaired) electrons. The second-order valence-corrected chi connectivity index (χ2v) is 7.93. The van der Waals surface area contributed by atoms with E-state index in [2.05, 4.69) is 31.3 Å². The quantitative estimate of drug-likeness (QED) is 0.750. The fourth-order valence-corrected chi connectivity index (χ4v) is 4.24. The van der Waals surface area contributed by atoms with Gasteiger partial charge < -0.3 is 5.32 Å². The monoisotopic (exact) mass is 301 g/mol. The molecule has 1 aromatic rings. The van der Waals surface area contributed by atoms with Crippen LogP contribution in [0.25, 0.3) is 0 Å². The third-order valence-electron chi connectivity index (χ3n) is 2.86. The van der Waals surface area contributed by atoms with E-state index in [1.165, 1.54) is 16.7 Å². The van der Waals surface area contributed by atoms with Crippen LogP contribution in [-0.2, 0) is 9.84 Å². The minimum Gasteiger partial charge on any atom is -0.310 e. The summed E-state index contributed by atoms with van der Waals surface area (Å²) in [5.74, 6) is 0.836. The topological polar surface area (TPSA) is 46.2 Å². The molecule has 1 atom stereocenters. The summed E-state index contributed by atoms with van der Waals surface area (Å²) < 4.78 is 22.3. The fraction of sp³-hybridized carbons (Fsp3) is 0.571. The van der Waals surface area contributed by atoms with Crippen LogP contribution in [0.5, 0.6) is 0 Å². The van der Waals surface area contributed by atoms with Crippen LogP contribution in [0.4, 0.5) is 0 Å². The van der Waals surface area contributed by atoms with E-state index in [0.717, 1.165) is 13.0 Å². The van der Waals surface area contributed by atoms with E-state index in [4.69, 9.17) is 0 Å². The lowest BCUT2D eigenvalue weighted by molar-refractivity contribution is 0.530. The standard InChI is InChI=1S/C14H23NO2S2/c1-4-13(15-5-2)12-8-6-7-9-14(12)18-10-11-19(3,16)17/h6-9,13,15H,4-5,10-11H2,1-3H3. The van der Waals surface area contributed by atoms with Crippen LogP contribution < -0.4 is 5.32 Å². The summed E-state index contributed by atoms with van der Waals surface area (Å²) in [6.07, 6.45) is 2.31. The average Bonchev–Trinajstić information content (AvgIpc) is 2.35. The molecule has 0 heterocycles. The fourth-order valence-electron chi connectivity index (χ4n) is 1.92. The molecule has 0 fully saturated rings. The SMILES string of the molecule is CCNC(CC)c1ccccc1SCCS(C)(=O)=O. The Morgan fingerprint density at radius 3 is 2.53 bits per heavy atom. The molecule has 0 spiro atoms. The lowest BCUT2D eigenvalue weighted by atomic mass is 10.0. The van der Waals surface area contributed by atoms with Gasteiger partial charge in [0, 0.05) is 22.9 Å². The number of benzene rings is 1. The van der Waals surface area contributed by atoms with Crippen molar-refractivity contribution in [3.8, 4) is 0 Å². The van der Waals surface area contributed by atoms with Gasteiger partial charge in [-0.1, -0.05) is 32.0 Å². The van der Waals surface area contributed by atoms with Crippen molar-refractivity contribution >= 4 is 21.6 Å². The van der Waals surface area contributed by atoms with Crippen molar-refractivity contribution in [3.05, 3.63) is 29.8 Å². The Bertz CT molecular complexity index is 486. The molecule has 0 aromatic heterocycles. The molecule has 0 amide bonds. The van der Waals surface area contributed by atoms with Crippen LogP contribution in [0.1, 0.15) is 31.9 Å². The van der Waals surface area contributed by atoms with Crippen molar-refractivity contribution < 1.29 is 8.42 Å². The summed E-state index contributed by atoms with van der Waals surface area (Å²) >= 11 is 1.62. The zero-order valence-electron chi connectivity index (χ0n) is 11.8. The van der Waals surface area contributed by atoms with Crippen molar-refractivity contribution in [2.24, 2.45) is 0 Å². The second kappa shape index (κ2) is 7.92. The first-order chi connectivity index (χ1) is 8.98. The van der Waals surface area contributed by atoms with Crippen LogP contribution in [0, 0.1) is 0 Å². The maximum atomic E-state index is 11.2. The van der Waals surface area contributed by atoms with Gasteiger partial charge in [-0.15, -0.1) is 11.8 Å². The minimum atomic E-state index is -2.88. The van der Waals surface area contributed by atoms with E-state index in [9.17, 15) is 8.42 Å². The summed E-state index contributed by atoms with van der Waals surface area (Å²) in [6.45, 7) is 5.19. The van der Waals surface area contributed by atoms with Crippen LogP contribution >= 0.6 is 11.8 Å². The zero-order chi connectivity index (χ0) is 14.3. The molecule has 1 unspecified atom stereocenters. The Labute approximate surface area is 121 Å². The smallest absolute Gasteiger partial charge is 0.148 e. The number of hydrogen-bond donors (Lipinski definition) is 1. The number of thioether (sulfide) groups is 1. The van der Waals surface area contributed by atoms with Crippen molar-refractivity contribution in [2.75, 3.05) is 24.3 Å². The van der Waals surface area contributed by atoms with E-state index < -0.39 is 9.84 Å². The van der Waals surface area contributed by atoms with Gasteiger partial charge in [0.25, 0.3) is 0 Å². The van der Waals surface area contributed by atoms with Gasteiger partial charge in [-0.05, 0) is 24.6 Å². The van der Waals surface area contributed by atoms with Gasteiger partial charge in [0.2, 0.25) is 0 Å². The van der Waals surface area contributed by atoms with Crippen molar-refractivity contribution in [3.63, 3.8) is 0 Å². The second-order valence-electron chi connectivity index (χ2n) is 4.53. The molecule has 19 heavy (non-hydrogen) atoms. The minimum absolute atomic E-state index is 0.226. The highest BCUT2D eigenvalue weighted by Gasteiger charge is 2.12. The van der Waals surface area contributed by atoms with Gasteiger partial charge in [0.15, 0.2) is 0 Å². The van der Waals surface area contributed by atoms with Gasteiger partial charge in [-0.2, -0.15) is 0 Å². The number of rotatable bonds is 8. The summed E-state index contributed by atoms with van der Waals surface area (Å²) in [5.41, 5.74) is 1.27. The highest BCUT2D eigenvalue weighted by atomic mass is 32.2. The van der Waals surface area contributed by atoms with Crippen LogP contribution in [-0.4, -0.2) is 32.7 Å². The molecule has 0 aliphatic carbocycles. The Kier molecular flexibility index (Phi) is 6.89. The molecular formula is C14H23NO2S2. The lowest BCUT2D eigenvalue weighted by Gasteiger charge is -2.19. The molecule has 108 valence electrons. The van der Waals surface area contributed by atoms with Gasteiger partial charge in [-0.3, -0.25) is 0 Å². The first-order valence-electron chi connectivity index (χ1n) is 6.60.